The molecule has 0 saturated heterocycles. The molecule has 2 unspecified atom stereocenters. The molecule has 0 spiro atoms. The van der Waals surface area contributed by atoms with E-state index < -0.39 is 5.97 Å². The van der Waals surface area contributed by atoms with E-state index in [9.17, 15) is 9.90 Å². The first-order valence-electron chi connectivity index (χ1n) is 22.4. The lowest BCUT2D eigenvalue weighted by molar-refractivity contribution is -0.139. The molecule has 0 amide bonds. The number of hydrogen-bond acceptors (Lipinski definition) is 9. The summed E-state index contributed by atoms with van der Waals surface area (Å²) in [6, 6.07) is 56.5. The van der Waals surface area contributed by atoms with Crippen LogP contribution in [0.4, 0.5) is 0 Å². The molecule has 10 heteroatoms. The Morgan fingerprint density at radius 2 is 1.06 bits per heavy atom. The summed E-state index contributed by atoms with van der Waals surface area (Å²) in [4.78, 5) is 22.7. The number of ether oxygens (including phenoxy) is 2. The van der Waals surface area contributed by atoms with Gasteiger partial charge in [0.2, 0.25) is 11.8 Å². The van der Waals surface area contributed by atoms with Gasteiger partial charge in [-0.25, -0.2) is 9.97 Å². The summed E-state index contributed by atoms with van der Waals surface area (Å²) < 4.78 is 23.7. The van der Waals surface area contributed by atoms with Crippen LogP contribution in [-0.4, -0.2) is 45.7 Å². The number of rotatable bonds is 20. The van der Waals surface area contributed by atoms with E-state index in [1.165, 1.54) is 11.1 Å². The number of benzene rings is 6. The Morgan fingerprint density at radius 3 is 1.56 bits per heavy atom. The highest BCUT2D eigenvalue weighted by molar-refractivity contribution is 5.69. The van der Waals surface area contributed by atoms with E-state index in [0.29, 0.717) is 50.4 Å². The van der Waals surface area contributed by atoms with E-state index in [0.717, 1.165) is 63.2 Å². The molecule has 8 aromatic rings. The zero-order valence-corrected chi connectivity index (χ0v) is 38.1. The summed E-state index contributed by atoms with van der Waals surface area (Å²) in [6.45, 7) is 10.3. The standard InChI is InChI=1S/C29H30N2O4.C27H28N2O2/c1-21(24-11-5-3-6-12-24)31(20-28(32)33)19-23-10-9-15-26(18-23)34-17-16-27-22(2)35-29(30-27)25-13-7-4-8-14-25;1-20(23-11-5-3-6-12-23)28-19-22-10-9-15-25(18-22)30-17-16-26-21(2)31-27(29-26)24-13-7-4-8-14-24/h3-15,18,21H,16-17,19-20H2,1-2H3,(H,32,33);3-15,18,20,28H,16-17,19H2,1-2H3. The van der Waals surface area contributed by atoms with Crippen molar-refractivity contribution in [2.24, 2.45) is 0 Å². The second kappa shape index (κ2) is 23.6. The Kier molecular flexibility index (Phi) is 16.7. The molecule has 2 aromatic heterocycles. The maximum atomic E-state index is 11.5. The van der Waals surface area contributed by atoms with Crippen LogP contribution in [0.5, 0.6) is 11.5 Å². The lowest BCUT2D eigenvalue weighted by Crippen LogP contribution is -2.32. The van der Waals surface area contributed by atoms with Gasteiger partial charge in [-0.2, -0.15) is 0 Å². The number of nitrogens with one attached hydrogen (secondary N) is 1. The summed E-state index contributed by atoms with van der Waals surface area (Å²) in [7, 11) is 0. The lowest BCUT2D eigenvalue weighted by Gasteiger charge is -2.28. The number of aryl methyl sites for hydroxylation is 2. The van der Waals surface area contributed by atoms with Crippen LogP contribution >= 0.6 is 0 Å². The molecule has 10 nitrogen and oxygen atoms in total. The summed E-state index contributed by atoms with van der Waals surface area (Å²) in [5.74, 6) is 3.68. The molecule has 0 fully saturated rings. The lowest BCUT2D eigenvalue weighted by atomic mass is 10.1. The van der Waals surface area contributed by atoms with E-state index in [-0.39, 0.29) is 12.6 Å². The van der Waals surface area contributed by atoms with Crippen molar-refractivity contribution in [2.45, 2.75) is 65.7 Å². The molecule has 66 heavy (non-hydrogen) atoms. The van der Waals surface area contributed by atoms with Gasteiger partial charge in [-0.15, -0.1) is 0 Å². The average Bonchev–Trinajstić information content (AvgIpc) is 3.92. The van der Waals surface area contributed by atoms with Gasteiger partial charge in [0, 0.05) is 49.1 Å². The Labute approximate surface area is 387 Å². The van der Waals surface area contributed by atoms with Crippen molar-refractivity contribution in [3.8, 4) is 34.4 Å². The molecule has 8 rings (SSSR count). The molecule has 0 saturated carbocycles. The summed E-state index contributed by atoms with van der Waals surface area (Å²) >= 11 is 0. The Bertz CT molecular complexity index is 2700. The Hall–Kier alpha value is -7.27. The smallest absolute Gasteiger partial charge is 0.317 e. The Morgan fingerprint density at radius 1 is 0.606 bits per heavy atom. The average molecular weight is 883 g/mol. The maximum absolute atomic E-state index is 11.5. The van der Waals surface area contributed by atoms with Gasteiger partial charge in [-0.05, 0) is 98.5 Å². The van der Waals surface area contributed by atoms with Gasteiger partial charge in [-0.3, -0.25) is 9.69 Å². The number of hydrogen-bond donors (Lipinski definition) is 2. The van der Waals surface area contributed by atoms with E-state index in [1.807, 2.05) is 159 Å². The first kappa shape index (κ1) is 46.7. The van der Waals surface area contributed by atoms with Crippen LogP contribution in [0.2, 0.25) is 0 Å². The molecule has 0 radical (unpaired) electrons. The number of nitrogens with zero attached hydrogens (tertiary/aromatic N) is 3. The highest BCUT2D eigenvalue weighted by Gasteiger charge is 2.20. The normalized spacial score (nSPS) is 12.0. The van der Waals surface area contributed by atoms with Crippen molar-refractivity contribution in [1.29, 1.82) is 0 Å². The molecular weight excluding hydrogens is 825 g/mol. The van der Waals surface area contributed by atoms with E-state index in [4.69, 9.17) is 18.3 Å². The molecule has 2 atom stereocenters. The number of carboxylic acids is 1. The minimum Gasteiger partial charge on any atom is -0.493 e. The molecule has 338 valence electrons. The molecule has 0 aliphatic rings. The van der Waals surface area contributed by atoms with Crippen LogP contribution < -0.4 is 14.8 Å². The molecule has 0 aliphatic carbocycles. The van der Waals surface area contributed by atoms with Crippen LogP contribution in [0.1, 0.15) is 71.1 Å². The van der Waals surface area contributed by atoms with Crippen molar-refractivity contribution < 1.29 is 28.2 Å². The fraction of sp³-hybridized carbons (Fsp3) is 0.232. The monoisotopic (exact) mass is 882 g/mol. The zero-order chi connectivity index (χ0) is 46.1. The molecular formula is C56H58N4O6. The van der Waals surface area contributed by atoms with Gasteiger partial charge in [0.05, 0.1) is 31.1 Å². The Balaban J connectivity index is 0.000000198. The molecule has 2 heterocycles. The van der Waals surface area contributed by atoms with Crippen molar-refractivity contribution in [3.63, 3.8) is 0 Å². The van der Waals surface area contributed by atoms with Gasteiger partial charge in [0.15, 0.2) is 0 Å². The SMILES string of the molecule is Cc1oc(-c2ccccc2)nc1CCOc1cccc(CN(CC(=O)O)C(C)c2ccccc2)c1.Cc1oc(-c2ccccc2)nc1CCOc1cccc(CNC(C)c2ccccc2)c1. The van der Waals surface area contributed by atoms with Crippen LogP contribution in [0.25, 0.3) is 22.9 Å². The number of aromatic nitrogens is 2. The second-order valence-corrected chi connectivity index (χ2v) is 16.2. The van der Waals surface area contributed by atoms with Gasteiger partial charge in [-0.1, -0.05) is 121 Å². The number of carbonyl (C=O) groups is 1. The largest absolute Gasteiger partial charge is 0.493 e. The number of aliphatic carboxylic acids is 1. The topological polar surface area (TPSA) is 123 Å². The van der Waals surface area contributed by atoms with Crippen molar-refractivity contribution in [3.05, 3.63) is 215 Å². The van der Waals surface area contributed by atoms with E-state index in [1.54, 1.807) is 0 Å². The fourth-order valence-electron chi connectivity index (χ4n) is 7.55. The quantitative estimate of drug-likeness (QED) is 0.0765. The van der Waals surface area contributed by atoms with Crippen LogP contribution in [0, 0.1) is 13.8 Å². The van der Waals surface area contributed by atoms with Crippen molar-refractivity contribution in [1.82, 2.24) is 20.2 Å². The second-order valence-electron chi connectivity index (χ2n) is 16.2. The third-order valence-corrected chi connectivity index (χ3v) is 11.3. The van der Waals surface area contributed by atoms with E-state index in [2.05, 4.69) is 58.6 Å². The first-order chi connectivity index (χ1) is 32.2. The number of carboxylic acid groups (broad SMARTS) is 1. The first-order valence-corrected chi connectivity index (χ1v) is 22.4. The van der Waals surface area contributed by atoms with Crippen LogP contribution in [-0.2, 0) is 30.7 Å². The molecule has 2 N–H and O–H groups in total. The highest BCUT2D eigenvalue weighted by atomic mass is 16.5. The predicted molar refractivity (Wildman–Crippen MR) is 259 cm³/mol. The van der Waals surface area contributed by atoms with Gasteiger partial charge >= 0.3 is 5.97 Å². The maximum Gasteiger partial charge on any atom is 0.317 e. The van der Waals surface area contributed by atoms with Crippen molar-refractivity contribution >= 4 is 5.97 Å². The summed E-state index contributed by atoms with van der Waals surface area (Å²) in [5, 5.41) is 13.0. The minimum atomic E-state index is -0.849. The summed E-state index contributed by atoms with van der Waals surface area (Å²) in [6.07, 6.45) is 1.33. The zero-order valence-electron chi connectivity index (χ0n) is 38.1. The predicted octanol–water partition coefficient (Wildman–Crippen LogP) is 12.0. The third-order valence-electron chi connectivity index (χ3n) is 11.3. The fourth-order valence-corrected chi connectivity index (χ4v) is 7.55. The minimum absolute atomic E-state index is 0.0363. The third kappa shape index (κ3) is 13.6. The molecule has 0 aliphatic heterocycles. The van der Waals surface area contributed by atoms with Gasteiger partial charge in [0.25, 0.3) is 0 Å². The van der Waals surface area contributed by atoms with Crippen LogP contribution in [0.15, 0.2) is 179 Å². The van der Waals surface area contributed by atoms with Crippen LogP contribution in [0.3, 0.4) is 0 Å². The summed E-state index contributed by atoms with van der Waals surface area (Å²) in [5.41, 5.74) is 8.32. The van der Waals surface area contributed by atoms with Gasteiger partial charge < -0.3 is 28.7 Å². The molecule has 0 bridgehead atoms. The highest BCUT2D eigenvalue weighted by Crippen LogP contribution is 2.26. The van der Waals surface area contributed by atoms with Gasteiger partial charge in [0.1, 0.15) is 23.0 Å². The molecule has 6 aromatic carbocycles. The van der Waals surface area contributed by atoms with Crippen molar-refractivity contribution in [2.75, 3.05) is 19.8 Å². The number of oxazole rings is 2. The van der Waals surface area contributed by atoms with E-state index >= 15 is 0 Å².